The molecule has 0 N–H and O–H groups in total. The van der Waals surface area contributed by atoms with E-state index in [0.29, 0.717) is 0 Å². The van der Waals surface area contributed by atoms with Crippen molar-refractivity contribution in [2.75, 3.05) is 0 Å². The zero-order chi connectivity index (χ0) is 5.98. The molecule has 0 saturated heterocycles. The fourth-order valence-electron chi connectivity index (χ4n) is 0.539. The van der Waals surface area contributed by atoms with Crippen LogP contribution in [-0.4, -0.2) is 0 Å². The van der Waals surface area contributed by atoms with Crippen molar-refractivity contribution in [2.45, 2.75) is 0 Å². The molecule has 0 aliphatic carbocycles. The molecule has 1 aromatic rings. The maximum absolute atomic E-state index is 3.73. The molecular formula is C8H8Na2. The molecule has 0 unspecified atom stereocenters. The van der Waals surface area contributed by atoms with E-state index in [1.807, 2.05) is 24.3 Å². The Balaban J connectivity index is 0. The Kier molecular flexibility index (Phi) is 9.02. The second-order valence-corrected chi connectivity index (χ2v) is 1.82. The zero-order valence-electron chi connectivity index (χ0n) is 6.72. The van der Waals surface area contributed by atoms with Gasteiger partial charge in [-0.1, -0.05) is 0 Å². The van der Waals surface area contributed by atoms with Gasteiger partial charge < -0.3 is 0 Å². The Labute approximate surface area is 107 Å². The van der Waals surface area contributed by atoms with Crippen molar-refractivity contribution in [2.24, 2.45) is 0 Å². The van der Waals surface area contributed by atoms with Crippen LogP contribution in [0.3, 0.4) is 0 Å². The molecule has 0 aliphatic heterocycles. The second kappa shape index (κ2) is 6.66. The van der Waals surface area contributed by atoms with Crippen LogP contribution in [0.4, 0.5) is 0 Å². The molecule has 0 atom stereocenters. The average molecular weight is 150 g/mol. The molecular weight excluding hydrogens is 142 g/mol. The number of hydrogen-bond acceptors (Lipinski definition) is 0. The molecule has 10 heavy (non-hydrogen) atoms. The third-order valence-electron chi connectivity index (χ3n) is 1.02. The second-order valence-electron chi connectivity index (χ2n) is 1.82. The van der Waals surface area contributed by atoms with Gasteiger partial charge in [-0.15, -0.1) is 0 Å². The van der Waals surface area contributed by atoms with Crippen LogP contribution >= 0.6 is 0 Å². The van der Waals surface area contributed by atoms with Crippen LogP contribution in [0.25, 0.3) is 0 Å². The van der Waals surface area contributed by atoms with E-state index in [1.54, 1.807) is 0 Å². The summed E-state index contributed by atoms with van der Waals surface area (Å²) in [5.41, 5.74) is 2.08. The Morgan fingerprint density at radius 1 is 0.700 bits per heavy atom. The van der Waals surface area contributed by atoms with Crippen LogP contribution in [0, 0.1) is 13.8 Å². The predicted molar refractivity (Wildman–Crippen MR) is 35.4 cm³/mol. The fourth-order valence-corrected chi connectivity index (χ4v) is 0.539. The summed E-state index contributed by atoms with van der Waals surface area (Å²) in [4.78, 5) is 0. The third kappa shape index (κ3) is 4.73. The molecule has 0 saturated carbocycles. The Morgan fingerprint density at radius 3 is 1.10 bits per heavy atom. The van der Waals surface area contributed by atoms with Gasteiger partial charge in [0, 0.05) is 0 Å². The first-order valence-electron chi connectivity index (χ1n) is 2.53. The van der Waals surface area contributed by atoms with Crippen molar-refractivity contribution in [3.05, 3.63) is 49.2 Å². The summed E-state index contributed by atoms with van der Waals surface area (Å²) in [5, 5.41) is 0. The SMILES string of the molecule is [CH2-]c1ccc([CH2-])cc1.[Na+].[Na+]. The van der Waals surface area contributed by atoms with Crippen molar-refractivity contribution in [1.82, 2.24) is 0 Å². The van der Waals surface area contributed by atoms with Crippen LogP contribution < -0.4 is 59.1 Å². The molecule has 0 amide bonds. The molecule has 0 bridgehead atoms. The van der Waals surface area contributed by atoms with Crippen LogP contribution in [0.15, 0.2) is 24.3 Å². The molecule has 2 heteroatoms. The first-order valence-corrected chi connectivity index (χ1v) is 2.53. The van der Waals surface area contributed by atoms with Crippen LogP contribution in [0.5, 0.6) is 0 Å². The van der Waals surface area contributed by atoms with Crippen molar-refractivity contribution in [1.29, 1.82) is 0 Å². The first-order chi connectivity index (χ1) is 3.79. The van der Waals surface area contributed by atoms with Crippen molar-refractivity contribution < 1.29 is 59.1 Å². The van der Waals surface area contributed by atoms with Gasteiger partial charge in [0.2, 0.25) is 0 Å². The van der Waals surface area contributed by atoms with Gasteiger partial charge in [0.05, 0.1) is 0 Å². The summed E-state index contributed by atoms with van der Waals surface area (Å²) < 4.78 is 0. The molecule has 0 heterocycles. The maximum atomic E-state index is 3.73. The third-order valence-corrected chi connectivity index (χ3v) is 1.02. The quantitative estimate of drug-likeness (QED) is 0.262. The number of benzene rings is 1. The van der Waals surface area contributed by atoms with Gasteiger partial charge in [0.25, 0.3) is 0 Å². The summed E-state index contributed by atoms with van der Waals surface area (Å²) in [5.74, 6) is 0. The van der Waals surface area contributed by atoms with Crippen LogP contribution in [0.2, 0.25) is 0 Å². The van der Waals surface area contributed by atoms with E-state index in [2.05, 4.69) is 13.8 Å². The maximum Gasteiger partial charge on any atom is 1.00 e. The number of hydrogen-bond donors (Lipinski definition) is 0. The summed E-state index contributed by atoms with van der Waals surface area (Å²) >= 11 is 0. The standard InChI is InChI=1S/C8H8.2Na/c1-7-3-5-8(2)6-4-7;;/h3-6H,1-2H2;;/q-2;2*+1. The zero-order valence-corrected chi connectivity index (χ0v) is 10.7. The number of rotatable bonds is 0. The van der Waals surface area contributed by atoms with Gasteiger partial charge in [-0.25, -0.2) is 49.2 Å². The van der Waals surface area contributed by atoms with Gasteiger partial charge in [0.1, 0.15) is 0 Å². The molecule has 0 radical (unpaired) electrons. The van der Waals surface area contributed by atoms with Crippen molar-refractivity contribution in [3.8, 4) is 0 Å². The summed E-state index contributed by atoms with van der Waals surface area (Å²) in [7, 11) is 0. The van der Waals surface area contributed by atoms with Crippen molar-refractivity contribution in [3.63, 3.8) is 0 Å². The van der Waals surface area contributed by atoms with E-state index in [4.69, 9.17) is 0 Å². The van der Waals surface area contributed by atoms with Crippen LogP contribution in [0.1, 0.15) is 11.1 Å². The van der Waals surface area contributed by atoms with Gasteiger partial charge in [-0.05, 0) is 0 Å². The normalized spacial score (nSPS) is 7.20. The van der Waals surface area contributed by atoms with E-state index in [0.717, 1.165) is 11.1 Å². The Bertz CT molecular complexity index is 146. The van der Waals surface area contributed by atoms with E-state index in [1.165, 1.54) is 0 Å². The molecule has 42 valence electrons. The predicted octanol–water partition coefficient (Wildman–Crippen LogP) is -3.94. The van der Waals surface area contributed by atoms with E-state index < -0.39 is 0 Å². The Hall–Kier alpha value is 0.960. The van der Waals surface area contributed by atoms with Crippen molar-refractivity contribution >= 4 is 0 Å². The van der Waals surface area contributed by atoms with E-state index >= 15 is 0 Å². The Morgan fingerprint density at radius 2 is 0.900 bits per heavy atom. The fraction of sp³-hybridized carbons (Fsp3) is 0. The monoisotopic (exact) mass is 150 g/mol. The van der Waals surface area contributed by atoms with Gasteiger partial charge in [-0.2, -0.15) is 0 Å². The van der Waals surface area contributed by atoms with Gasteiger partial charge >= 0.3 is 59.1 Å². The van der Waals surface area contributed by atoms with E-state index in [9.17, 15) is 0 Å². The summed E-state index contributed by atoms with van der Waals surface area (Å²) in [6.45, 7) is 7.47. The molecule has 0 spiro atoms. The minimum absolute atomic E-state index is 0. The molecule has 0 aromatic heterocycles. The molecule has 0 nitrogen and oxygen atoms in total. The summed E-state index contributed by atoms with van der Waals surface area (Å²) in [6, 6.07) is 7.79. The molecule has 1 aromatic carbocycles. The van der Waals surface area contributed by atoms with E-state index in [-0.39, 0.29) is 59.1 Å². The van der Waals surface area contributed by atoms with Gasteiger partial charge in [0.15, 0.2) is 0 Å². The minimum atomic E-state index is 0. The average Bonchev–Trinajstić information content (AvgIpc) is 1.77. The molecule has 0 aliphatic rings. The summed E-state index contributed by atoms with van der Waals surface area (Å²) in [6.07, 6.45) is 0. The molecule has 1 rings (SSSR count). The van der Waals surface area contributed by atoms with Gasteiger partial charge in [-0.3, -0.25) is 0 Å². The molecule has 0 fully saturated rings. The minimum Gasteiger partial charge on any atom is -0.220 e. The van der Waals surface area contributed by atoms with Crippen LogP contribution in [-0.2, 0) is 0 Å². The topological polar surface area (TPSA) is 0 Å². The smallest absolute Gasteiger partial charge is 0.220 e. The first kappa shape index (κ1) is 13.5. The largest absolute Gasteiger partial charge is 1.00 e.